The Hall–Kier alpha value is -0.890. The molecule has 1 nitrogen and oxygen atoms in total. The average molecular weight is 207 g/mol. The van der Waals surface area contributed by atoms with Gasteiger partial charge in [-0.1, -0.05) is 29.8 Å². The van der Waals surface area contributed by atoms with Gasteiger partial charge in [0, 0.05) is 12.5 Å². The van der Waals surface area contributed by atoms with Crippen LogP contribution in [0.4, 0.5) is 4.39 Å². The third-order valence-electron chi connectivity index (χ3n) is 3.30. The summed E-state index contributed by atoms with van der Waals surface area (Å²) in [5.41, 5.74) is 6.61. The maximum atomic E-state index is 14.6. The first-order valence-electron chi connectivity index (χ1n) is 5.62. The summed E-state index contributed by atoms with van der Waals surface area (Å²) in [6.07, 6.45) is 2.93. The van der Waals surface area contributed by atoms with Crippen LogP contribution in [0, 0.1) is 6.92 Å². The molecule has 0 bridgehead atoms. The Kier molecular flexibility index (Phi) is 2.79. The number of hydrogen-bond acceptors (Lipinski definition) is 1. The zero-order valence-corrected chi connectivity index (χ0v) is 9.17. The van der Waals surface area contributed by atoms with Gasteiger partial charge in [0.05, 0.1) is 0 Å². The summed E-state index contributed by atoms with van der Waals surface area (Å²) in [5, 5.41) is 0. The molecule has 0 spiro atoms. The molecule has 82 valence electrons. The SMILES string of the molecule is Cc1ccc(C2(F)CCCC(N)C2)cc1. The Morgan fingerprint density at radius 3 is 2.60 bits per heavy atom. The molecule has 1 aromatic rings. The van der Waals surface area contributed by atoms with Gasteiger partial charge in [0.15, 0.2) is 0 Å². The van der Waals surface area contributed by atoms with Crippen LogP contribution in [0.1, 0.15) is 36.8 Å². The Morgan fingerprint density at radius 1 is 1.33 bits per heavy atom. The molecule has 2 rings (SSSR count). The van der Waals surface area contributed by atoms with Crippen molar-refractivity contribution in [3.05, 3.63) is 35.4 Å². The Morgan fingerprint density at radius 2 is 2.00 bits per heavy atom. The van der Waals surface area contributed by atoms with Gasteiger partial charge >= 0.3 is 0 Å². The van der Waals surface area contributed by atoms with E-state index in [9.17, 15) is 4.39 Å². The number of nitrogens with two attached hydrogens (primary N) is 1. The minimum absolute atomic E-state index is 0.0186. The molecule has 2 unspecified atom stereocenters. The van der Waals surface area contributed by atoms with Crippen molar-refractivity contribution in [2.75, 3.05) is 0 Å². The standard InChI is InChI=1S/C13H18FN/c1-10-4-6-11(7-5-10)13(14)8-2-3-12(15)9-13/h4-7,12H,2-3,8-9,15H2,1H3. The second kappa shape index (κ2) is 3.93. The maximum Gasteiger partial charge on any atom is 0.137 e. The second-order valence-electron chi connectivity index (χ2n) is 4.69. The molecule has 1 saturated carbocycles. The molecule has 0 saturated heterocycles. The molecule has 0 heterocycles. The van der Waals surface area contributed by atoms with E-state index < -0.39 is 5.67 Å². The molecule has 1 aliphatic rings. The normalized spacial score (nSPS) is 31.5. The minimum Gasteiger partial charge on any atom is -0.328 e. The molecule has 0 aromatic heterocycles. The number of alkyl halides is 1. The summed E-state index contributed by atoms with van der Waals surface area (Å²) in [7, 11) is 0. The van der Waals surface area contributed by atoms with Gasteiger partial charge in [-0.2, -0.15) is 0 Å². The highest BCUT2D eigenvalue weighted by Gasteiger charge is 2.36. The van der Waals surface area contributed by atoms with Crippen LogP contribution in [0.5, 0.6) is 0 Å². The predicted octanol–water partition coefficient (Wildman–Crippen LogP) is 3.06. The van der Waals surface area contributed by atoms with Crippen LogP contribution in [0.25, 0.3) is 0 Å². The molecule has 0 amide bonds. The summed E-state index contributed by atoms with van der Waals surface area (Å²) >= 11 is 0. The van der Waals surface area contributed by atoms with Gasteiger partial charge in [0.2, 0.25) is 0 Å². The second-order valence-corrected chi connectivity index (χ2v) is 4.69. The average Bonchev–Trinajstić information content (AvgIpc) is 2.18. The van der Waals surface area contributed by atoms with Gasteiger partial charge in [-0.15, -0.1) is 0 Å². The van der Waals surface area contributed by atoms with Gasteiger partial charge in [-0.25, -0.2) is 4.39 Å². The first-order valence-corrected chi connectivity index (χ1v) is 5.62. The molecule has 1 aliphatic carbocycles. The smallest absolute Gasteiger partial charge is 0.137 e. The van der Waals surface area contributed by atoms with Crippen molar-refractivity contribution in [1.29, 1.82) is 0 Å². The van der Waals surface area contributed by atoms with Gasteiger partial charge in [0.1, 0.15) is 5.67 Å². The first-order chi connectivity index (χ1) is 7.10. The summed E-state index contributed by atoms with van der Waals surface area (Å²) in [6.45, 7) is 2.02. The van der Waals surface area contributed by atoms with E-state index in [1.165, 1.54) is 5.56 Å². The molecule has 1 aromatic carbocycles. The predicted molar refractivity (Wildman–Crippen MR) is 60.4 cm³/mol. The van der Waals surface area contributed by atoms with Crippen LogP contribution in [-0.2, 0) is 5.67 Å². The Balaban J connectivity index is 2.24. The van der Waals surface area contributed by atoms with E-state index >= 15 is 0 Å². The zero-order chi connectivity index (χ0) is 10.9. The number of aryl methyl sites for hydroxylation is 1. The Bertz CT molecular complexity index is 333. The van der Waals surface area contributed by atoms with Crippen LogP contribution in [0.3, 0.4) is 0 Å². The molecule has 2 heteroatoms. The fraction of sp³-hybridized carbons (Fsp3) is 0.538. The van der Waals surface area contributed by atoms with E-state index in [0.29, 0.717) is 12.8 Å². The Labute approximate surface area is 90.5 Å². The number of halogens is 1. The number of rotatable bonds is 1. The third-order valence-corrected chi connectivity index (χ3v) is 3.30. The zero-order valence-electron chi connectivity index (χ0n) is 9.17. The van der Waals surface area contributed by atoms with E-state index in [1.54, 1.807) is 0 Å². The van der Waals surface area contributed by atoms with Crippen molar-refractivity contribution in [1.82, 2.24) is 0 Å². The highest BCUT2D eigenvalue weighted by atomic mass is 19.1. The molecular weight excluding hydrogens is 189 g/mol. The monoisotopic (exact) mass is 207 g/mol. The number of benzene rings is 1. The topological polar surface area (TPSA) is 26.0 Å². The van der Waals surface area contributed by atoms with E-state index in [4.69, 9.17) is 5.73 Å². The molecular formula is C13H18FN. The lowest BCUT2D eigenvalue weighted by Crippen LogP contribution is -2.36. The van der Waals surface area contributed by atoms with Crippen molar-refractivity contribution >= 4 is 0 Å². The van der Waals surface area contributed by atoms with Crippen LogP contribution in [0.2, 0.25) is 0 Å². The van der Waals surface area contributed by atoms with Crippen LogP contribution in [-0.4, -0.2) is 6.04 Å². The van der Waals surface area contributed by atoms with Gasteiger partial charge in [-0.3, -0.25) is 0 Å². The number of hydrogen-bond donors (Lipinski definition) is 1. The first kappa shape index (κ1) is 10.6. The van der Waals surface area contributed by atoms with Crippen molar-refractivity contribution < 1.29 is 4.39 Å². The van der Waals surface area contributed by atoms with Gasteiger partial charge in [0.25, 0.3) is 0 Å². The minimum atomic E-state index is -1.19. The highest BCUT2D eigenvalue weighted by Crippen LogP contribution is 2.40. The van der Waals surface area contributed by atoms with E-state index in [-0.39, 0.29) is 6.04 Å². The van der Waals surface area contributed by atoms with Crippen molar-refractivity contribution in [3.8, 4) is 0 Å². The third kappa shape index (κ3) is 2.20. The van der Waals surface area contributed by atoms with E-state index in [2.05, 4.69) is 0 Å². The highest BCUT2D eigenvalue weighted by molar-refractivity contribution is 5.27. The molecule has 15 heavy (non-hydrogen) atoms. The van der Waals surface area contributed by atoms with E-state index in [1.807, 2.05) is 31.2 Å². The quantitative estimate of drug-likeness (QED) is 0.752. The van der Waals surface area contributed by atoms with Crippen molar-refractivity contribution in [2.24, 2.45) is 5.73 Å². The lowest BCUT2D eigenvalue weighted by atomic mass is 9.79. The molecule has 0 aliphatic heterocycles. The largest absolute Gasteiger partial charge is 0.328 e. The molecule has 2 N–H and O–H groups in total. The molecule has 2 atom stereocenters. The summed E-state index contributed by atoms with van der Waals surface area (Å²) in [6, 6.07) is 7.75. The van der Waals surface area contributed by atoms with Crippen LogP contribution in [0.15, 0.2) is 24.3 Å². The van der Waals surface area contributed by atoms with Crippen LogP contribution >= 0.6 is 0 Å². The summed E-state index contributed by atoms with van der Waals surface area (Å²) < 4.78 is 14.6. The van der Waals surface area contributed by atoms with Crippen LogP contribution < -0.4 is 5.73 Å². The van der Waals surface area contributed by atoms with Crippen molar-refractivity contribution in [2.45, 2.75) is 44.3 Å². The summed E-state index contributed by atoms with van der Waals surface area (Å²) in [4.78, 5) is 0. The summed E-state index contributed by atoms with van der Waals surface area (Å²) in [5.74, 6) is 0. The lowest BCUT2D eigenvalue weighted by Gasteiger charge is -2.33. The van der Waals surface area contributed by atoms with Gasteiger partial charge < -0.3 is 5.73 Å². The fourth-order valence-electron chi connectivity index (χ4n) is 2.38. The lowest BCUT2D eigenvalue weighted by molar-refractivity contribution is 0.0948. The fourth-order valence-corrected chi connectivity index (χ4v) is 2.38. The molecule has 0 radical (unpaired) electrons. The van der Waals surface area contributed by atoms with Gasteiger partial charge in [-0.05, 0) is 31.7 Å². The molecule has 1 fully saturated rings. The maximum absolute atomic E-state index is 14.6. The van der Waals surface area contributed by atoms with E-state index in [0.717, 1.165) is 18.4 Å². The van der Waals surface area contributed by atoms with Crippen molar-refractivity contribution in [3.63, 3.8) is 0 Å².